The van der Waals surface area contributed by atoms with Gasteiger partial charge < -0.3 is 5.32 Å². The Kier molecular flexibility index (Phi) is 3.72. The van der Waals surface area contributed by atoms with Crippen molar-refractivity contribution in [2.24, 2.45) is 0 Å². The fraction of sp³-hybridized carbons (Fsp3) is 0.412. The minimum absolute atomic E-state index is 0.509. The highest BCUT2D eigenvalue weighted by Gasteiger charge is 2.28. The first kappa shape index (κ1) is 12.9. The molecule has 19 heavy (non-hydrogen) atoms. The lowest BCUT2D eigenvalue weighted by Gasteiger charge is -2.33. The van der Waals surface area contributed by atoms with E-state index < -0.39 is 0 Å². The normalized spacial score (nSPS) is 18.7. The van der Waals surface area contributed by atoms with E-state index in [2.05, 4.69) is 54.2 Å². The molecule has 3 rings (SSSR count). The van der Waals surface area contributed by atoms with Crippen LogP contribution in [0.4, 0.5) is 0 Å². The summed E-state index contributed by atoms with van der Waals surface area (Å²) >= 11 is 1.82. The van der Waals surface area contributed by atoms with Crippen LogP contribution < -0.4 is 5.32 Å². The molecule has 0 radical (unpaired) electrons. The zero-order chi connectivity index (χ0) is 13.2. The molecular weight excluding hydrogens is 250 g/mol. The maximum absolute atomic E-state index is 3.66. The molecule has 1 nitrogen and oxygen atoms in total. The van der Waals surface area contributed by atoms with Gasteiger partial charge in [0.1, 0.15) is 0 Å². The SMILES string of the molecule is CCNC(CC1Cc2ccccc21)c1cscc1C. The van der Waals surface area contributed by atoms with Crippen molar-refractivity contribution in [3.8, 4) is 0 Å². The van der Waals surface area contributed by atoms with E-state index in [9.17, 15) is 0 Å². The Morgan fingerprint density at radius 2 is 2.16 bits per heavy atom. The number of nitrogens with one attached hydrogen (secondary N) is 1. The van der Waals surface area contributed by atoms with Crippen LogP contribution in [0.2, 0.25) is 0 Å². The summed E-state index contributed by atoms with van der Waals surface area (Å²) in [6, 6.07) is 9.40. The maximum Gasteiger partial charge on any atom is 0.0336 e. The van der Waals surface area contributed by atoms with Crippen LogP contribution in [0.25, 0.3) is 0 Å². The molecule has 2 heteroatoms. The lowest BCUT2D eigenvalue weighted by atomic mass is 9.74. The molecule has 0 fully saturated rings. The maximum atomic E-state index is 3.66. The van der Waals surface area contributed by atoms with Crippen LogP contribution in [-0.4, -0.2) is 6.54 Å². The number of hydrogen-bond donors (Lipinski definition) is 1. The third-order valence-electron chi connectivity index (χ3n) is 4.20. The molecule has 2 aromatic rings. The number of hydrogen-bond acceptors (Lipinski definition) is 2. The largest absolute Gasteiger partial charge is 0.310 e. The van der Waals surface area contributed by atoms with Crippen molar-refractivity contribution in [2.75, 3.05) is 6.54 Å². The third-order valence-corrected chi connectivity index (χ3v) is 5.08. The van der Waals surface area contributed by atoms with Gasteiger partial charge in [0.25, 0.3) is 0 Å². The third kappa shape index (κ3) is 2.47. The monoisotopic (exact) mass is 271 g/mol. The Labute approximate surface area is 119 Å². The minimum atomic E-state index is 0.509. The molecule has 0 aliphatic heterocycles. The first-order chi connectivity index (χ1) is 9.29. The Balaban J connectivity index is 1.76. The summed E-state index contributed by atoms with van der Waals surface area (Å²) in [4.78, 5) is 0. The van der Waals surface area contributed by atoms with Crippen LogP contribution in [-0.2, 0) is 6.42 Å². The Morgan fingerprint density at radius 3 is 2.84 bits per heavy atom. The van der Waals surface area contributed by atoms with E-state index in [0.717, 1.165) is 12.5 Å². The summed E-state index contributed by atoms with van der Waals surface area (Å²) < 4.78 is 0. The lowest BCUT2D eigenvalue weighted by molar-refractivity contribution is 0.435. The Bertz CT molecular complexity index is 558. The summed E-state index contributed by atoms with van der Waals surface area (Å²) in [6.07, 6.45) is 2.48. The molecule has 1 N–H and O–H groups in total. The van der Waals surface area contributed by atoms with Crippen molar-refractivity contribution < 1.29 is 0 Å². The van der Waals surface area contributed by atoms with Gasteiger partial charge in [-0.25, -0.2) is 0 Å². The molecule has 1 aliphatic rings. The van der Waals surface area contributed by atoms with Gasteiger partial charge in [-0.3, -0.25) is 0 Å². The molecule has 1 heterocycles. The van der Waals surface area contributed by atoms with Crippen molar-refractivity contribution in [3.05, 3.63) is 57.3 Å². The summed E-state index contributed by atoms with van der Waals surface area (Å²) in [7, 11) is 0. The number of rotatable bonds is 5. The van der Waals surface area contributed by atoms with Gasteiger partial charge in [-0.15, -0.1) is 0 Å². The molecular formula is C17H21NS. The topological polar surface area (TPSA) is 12.0 Å². The fourth-order valence-corrected chi connectivity index (χ4v) is 4.06. The van der Waals surface area contributed by atoms with Gasteiger partial charge in [0.15, 0.2) is 0 Å². The van der Waals surface area contributed by atoms with Gasteiger partial charge in [0.2, 0.25) is 0 Å². The van der Waals surface area contributed by atoms with Crippen LogP contribution in [0.15, 0.2) is 35.0 Å². The second-order valence-electron chi connectivity index (χ2n) is 5.46. The van der Waals surface area contributed by atoms with Crippen molar-refractivity contribution in [1.29, 1.82) is 0 Å². The second-order valence-corrected chi connectivity index (χ2v) is 6.20. The van der Waals surface area contributed by atoms with E-state index in [4.69, 9.17) is 0 Å². The van der Waals surface area contributed by atoms with Crippen molar-refractivity contribution in [3.63, 3.8) is 0 Å². The Hall–Kier alpha value is -1.12. The molecule has 0 spiro atoms. The van der Waals surface area contributed by atoms with Crippen LogP contribution >= 0.6 is 11.3 Å². The molecule has 0 saturated heterocycles. The van der Waals surface area contributed by atoms with E-state index in [1.54, 1.807) is 11.1 Å². The van der Waals surface area contributed by atoms with E-state index in [1.165, 1.54) is 24.0 Å². The molecule has 2 unspecified atom stereocenters. The second kappa shape index (κ2) is 5.48. The predicted octanol–water partition coefficient (Wildman–Crippen LogP) is 4.44. The number of aryl methyl sites for hydroxylation is 1. The van der Waals surface area contributed by atoms with E-state index in [0.29, 0.717) is 6.04 Å². The average Bonchev–Trinajstić information content (AvgIpc) is 2.81. The van der Waals surface area contributed by atoms with Crippen molar-refractivity contribution in [1.82, 2.24) is 5.32 Å². The van der Waals surface area contributed by atoms with Gasteiger partial charge >= 0.3 is 0 Å². The lowest BCUT2D eigenvalue weighted by Crippen LogP contribution is -2.27. The van der Waals surface area contributed by atoms with Crippen molar-refractivity contribution >= 4 is 11.3 Å². The minimum Gasteiger partial charge on any atom is -0.310 e. The Morgan fingerprint density at radius 1 is 1.32 bits per heavy atom. The van der Waals surface area contributed by atoms with Gasteiger partial charge in [-0.2, -0.15) is 11.3 Å². The molecule has 0 amide bonds. The van der Waals surface area contributed by atoms with E-state index in [-0.39, 0.29) is 0 Å². The van der Waals surface area contributed by atoms with Crippen LogP contribution in [0, 0.1) is 6.92 Å². The standard InChI is InChI=1S/C17H21NS/c1-3-18-17(16-11-19-10-12(16)2)9-14-8-13-6-4-5-7-15(13)14/h4-7,10-11,14,17-18H,3,8-9H2,1-2H3. The van der Waals surface area contributed by atoms with Gasteiger partial charge in [-0.1, -0.05) is 31.2 Å². The van der Waals surface area contributed by atoms with Gasteiger partial charge in [-0.05, 0) is 65.2 Å². The smallest absolute Gasteiger partial charge is 0.0336 e. The molecule has 1 aromatic heterocycles. The zero-order valence-corrected chi connectivity index (χ0v) is 12.5. The molecule has 2 atom stereocenters. The molecule has 0 saturated carbocycles. The molecule has 100 valence electrons. The molecule has 1 aromatic carbocycles. The first-order valence-corrected chi connectivity index (χ1v) is 8.07. The summed E-state index contributed by atoms with van der Waals surface area (Å²) in [6.45, 7) is 5.46. The van der Waals surface area contributed by atoms with Gasteiger partial charge in [0.05, 0.1) is 0 Å². The molecule has 1 aliphatic carbocycles. The summed E-state index contributed by atoms with van der Waals surface area (Å²) in [5, 5.41) is 8.23. The fourth-order valence-electron chi connectivity index (χ4n) is 3.15. The molecule has 0 bridgehead atoms. The average molecular weight is 271 g/mol. The van der Waals surface area contributed by atoms with Gasteiger partial charge in [0, 0.05) is 6.04 Å². The highest BCUT2D eigenvalue weighted by Crippen LogP contribution is 2.41. The quantitative estimate of drug-likeness (QED) is 0.848. The van der Waals surface area contributed by atoms with Crippen LogP contribution in [0.3, 0.4) is 0 Å². The summed E-state index contributed by atoms with van der Waals surface area (Å²) in [5.41, 5.74) is 6.04. The van der Waals surface area contributed by atoms with E-state index >= 15 is 0 Å². The summed E-state index contributed by atoms with van der Waals surface area (Å²) in [5.74, 6) is 0.736. The number of benzene rings is 1. The van der Waals surface area contributed by atoms with Crippen molar-refractivity contribution in [2.45, 2.75) is 38.6 Å². The highest BCUT2D eigenvalue weighted by atomic mass is 32.1. The van der Waals surface area contributed by atoms with Crippen LogP contribution in [0.5, 0.6) is 0 Å². The zero-order valence-electron chi connectivity index (χ0n) is 11.6. The highest BCUT2D eigenvalue weighted by molar-refractivity contribution is 7.08. The predicted molar refractivity (Wildman–Crippen MR) is 83.0 cm³/mol. The first-order valence-electron chi connectivity index (χ1n) is 7.13. The number of thiophene rings is 1. The van der Waals surface area contributed by atoms with Crippen LogP contribution in [0.1, 0.15) is 47.6 Å². The number of fused-ring (bicyclic) bond motifs is 1. The van der Waals surface area contributed by atoms with E-state index in [1.807, 2.05) is 11.3 Å².